The number of nitrogens with one attached hydrogen (secondary N) is 1. The predicted octanol–water partition coefficient (Wildman–Crippen LogP) is -0.764. The first-order valence-electron chi connectivity index (χ1n) is 3.36. The highest BCUT2D eigenvalue weighted by Crippen LogP contribution is 2.04. The van der Waals surface area contributed by atoms with Crippen LogP contribution in [-0.2, 0) is 9.59 Å². The molecule has 5 heteroatoms. The molecule has 1 aliphatic rings. The molecule has 0 saturated heterocycles. The van der Waals surface area contributed by atoms with Crippen LogP contribution < -0.4 is 11.2 Å². The quantitative estimate of drug-likeness (QED) is 0.538. The highest BCUT2D eigenvalue weighted by Gasteiger charge is 2.18. The van der Waals surface area contributed by atoms with E-state index in [4.69, 9.17) is 5.73 Å². The van der Waals surface area contributed by atoms with E-state index in [1.54, 1.807) is 6.08 Å². The van der Waals surface area contributed by atoms with Crippen LogP contribution >= 0.6 is 0 Å². The number of nitrogens with two attached hydrogens (primary N) is 1. The van der Waals surface area contributed by atoms with Gasteiger partial charge >= 0.3 is 0 Å². The molecule has 1 aliphatic heterocycles. The lowest BCUT2D eigenvalue weighted by atomic mass is 10.3. The SMILES string of the molecule is CC(=O)N1NC=CC=C1C(N)=O. The maximum Gasteiger partial charge on any atom is 0.267 e. The van der Waals surface area contributed by atoms with Crippen LogP contribution in [0.25, 0.3) is 0 Å². The van der Waals surface area contributed by atoms with Gasteiger partial charge in [0.05, 0.1) is 0 Å². The Labute approximate surface area is 69.5 Å². The normalized spacial score (nSPS) is 15.1. The van der Waals surface area contributed by atoms with E-state index < -0.39 is 5.91 Å². The highest BCUT2D eigenvalue weighted by molar-refractivity contribution is 5.96. The van der Waals surface area contributed by atoms with Gasteiger partial charge in [-0.15, -0.1) is 0 Å². The van der Waals surface area contributed by atoms with E-state index in [9.17, 15) is 9.59 Å². The van der Waals surface area contributed by atoms with Crippen molar-refractivity contribution >= 4 is 11.8 Å². The molecule has 0 bridgehead atoms. The number of hydrazine groups is 1. The fraction of sp³-hybridized carbons (Fsp3) is 0.143. The molecule has 12 heavy (non-hydrogen) atoms. The largest absolute Gasteiger partial charge is 0.364 e. The predicted molar refractivity (Wildman–Crippen MR) is 42.1 cm³/mol. The Morgan fingerprint density at radius 2 is 2.25 bits per heavy atom. The molecule has 0 atom stereocenters. The minimum absolute atomic E-state index is 0.144. The van der Waals surface area contributed by atoms with Gasteiger partial charge in [0.15, 0.2) is 0 Å². The number of primary amides is 1. The van der Waals surface area contributed by atoms with Crippen LogP contribution in [0.4, 0.5) is 0 Å². The highest BCUT2D eigenvalue weighted by atomic mass is 16.2. The van der Waals surface area contributed by atoms with Crippen molar-refractivity contribution < 1.29 is 9.59 Å². The molecule has 0 radical (unpaired) electrons. The van der Waals surface area contributed by atoms with E-state index in [-0.39, 0.29) is 11.6 Å². The van der Waals surface area contributed by atoms with Crippen molar-refractivity contribution in [1.82, 2.24) is 10.4 Å². The number of hydrogen-bond donors (Lipinski definition) is 2. The van der Waals surface area contributed by atoms with E-state index in [0.29, 0.717) is 0 Å². The Hall–Kier alpha value is -1.78. The van der Waals surface area contributed by atoms with Gasteiger partial charge in [-0.2, -0.15) is 0 Å². The number of allylic oxidation sites excluding steroid dienone is 2. The summed E-state index contributed by atoms with van der Waals surface area (Å²) in [5.41, 5.74) is 7.75. The Morgan fingerprint density at radius 1 is 1.58 bits per heavy atom. The number of hydrogen-bond acceptors (Lipinski definition) is 3. The standard InChI is InChI=1S/C7H9N3O2/c1-5(11)10-6(7(8)12)3-2-4-9-10/h2-4,9H,1H3,(H2,8,12). The van der Waals surface area contributed by atoms with E-state index in [1.165, 1.54) is 19.2 Å². The summed E-state index contributed by atoms with van der Waals surface area (Å²) >= 11 is 0. The first-order valence-corrected chi connectivity index (χ1v) is 3.36. The minimum atomic E-state index is -0.637. The van der Waals surface area contributed by atoms with Gasteiger partial charge in [-0.3, -0.25) is 15.0 Å². The molecule has 0 aromatic carbocycles. The first kappa shape index (κ1) is 8.32. The molecule has 64 valence electrons. The monoisotopic (exact) mass is 167 g/mol. The molecule has 0 saturated carbocycles. The third-order valence-corrected chi connectivity index (χ3v) is 1.36. The molecule has 2 amide bonds. The average molecular weight is 167 g/mol. The number of nitrogens with zero attached hydrogens (tertiary/aromatic N) is 1. The molecule has 0 aliphatic carbocycles. The third-order valence-electron chi connectivity index (χ3n) is 1.36. The minimum Gasteiger partial charge on any atom is -0.364 e. The van der Waals surface area contributed by atoms with Gasteiger partial charge in [0, 0.05) is 13.1 Å². The van der Waals surface area contributed by atoms with Crippen LogP contribution in [0.3, 0.4) is 0 Å². The molecule has 0 unspecified atom stereocenters. The summed E-state index contributed by atoms with van der Waals surface area (Å²) in [6, 6.07) is 0. The summed E-state index contributed by atoms with van der Waals surface area (Å²) in [7, 11) is 0. The van der Waals surface area contributed by atoms with Crippen LogP contribution in [-0.4, -0.2) is 16.8 Å². The van der Waals surface area contributed by atoms with E-state index in [2.05, 4.69) is 5.43 Å². The fourth-order valence-corrected chi connectivity index (χ4v) is 0.854. The van der Waals surface area contributed by atoms with E-state index in [0.717, 1.165) is 5.01 Å². The molecule has 0 spiro atoms. The maximum atomic E-state index is 10.9. The molecule has 1 heterocycles. The van der Waals surface area contributed by atoms with Gasteiger partial charge in [0.25, 0.3) is 5.91 Å². The molecule has 5 nitrogen and oxygen atoms in total. The second-order valence-corrected chi connectivity index (χ2v) is 2.26. The molecular weight excluding hydrogens is 158 g/mol. The zero-order valence-corrected chi connectivity index (χ0v) is 6.57. The van der Waals surface area contributed by atoms with Crippen molar-refractivity contribution in [3.63, 3.8) is 0 Å². The fourth-order valence-electron chi connectivity index (χ4n) is 0.854. The second-order valence-electron chi connectivity index (χ2n) is 2.26. The van der Waals surface area contributed by atoms with Crippen molar-refractivity contribution in [1.29, 1.82) is 0 Å². The summed E-state index contributed by atoms with van der Waals surface area (Å²) in [5, 5.41) is 1.09. The summed E-state index contributed by atoms with van der Waals surface area (Å²) in [6.45, 7) is 1.34. The average Bonchev–Trinajstić information content (AvgIpc) is 2.04. The topological polar surface area (TPSA) is 75.4 Å². The van der Waals surface area contributed by atoms with Crippen LogP contribution in [0.2, 0.25) is 0 Å². The van der Waals surface area contributed by atoms with Crippen molar-refractivity contribution in [3.05, 3.63) is 24.0 Å². The first-order chi connectivity index (χ1) is 5.63. The molecule has 0 fully saturated rings. The molecule has 0 aromatic rings. The van der Waals surface area contributed by atoms with Crippen LogP contribution in [0.15, 0.2) is 24.0 Å². The Morgan fingerprint density at radius 3 is 2.67 bits per heavy atom. The smallest absolute Gasteiger partial charge is 0.267 e. The summed E-state index contributed by atoms with van der Waals surface area (Å²) < 4.78 is 0. The van der Waals surface area contributed by atoms with Crippen LogP contribution in [0.5, 0.6) is 0 Å². The van der Waals surface area contributed by atoms with Crippen molar-refractivity contribution in [2.24, 2.45) is 5.73 Å². The van der Waals surface area contributed by atoms with Crippen molar-refractivity contribution in [2.75, 3.05) is 0 Å². The Balaban J connectivity index is 2.91. The Bertz CT molecular complexity index is 280. The number of rotatable bonds is 1. The number of carbonyl (C=O) groups excluding carboxylic acids is 2. The lowest BCUT2D eigenvalue weighted by Crippen LogP contribution is -2.43. The Kier molecular flexibility index (Phi) is 2.14. The van der Waals surface area contributed by atoms with Crippen LogP contribution in [0, 0.1) is 0 Å². The summed E-state index contributed by atoms with van der Waals surface area (Å²) in [5.74, 6) is -0.925. The van der Waals surface area contributed by atoms with Gasteiger partial charge in [-0.1, -0.05) is 0 Å². The molecule has 1 rings (SSSR count). The van der Waals surface area contributed by atoms with Gasteiger partial charge in [-0.05, 0) is 12.2 Å². The maximum absolute atomic E-state index is 10.9. The lowest BCUT2D eigenvalue weighted by molar-refractivity contribution is -0.132. The third kappa shape index (κ3) is 1.45. The van der Waals surface area contributed by atoms with Gasteiger partial charge in [0.2, 0.25) is 5.91 Å². The van der Waals surface area contributed by atoms with Crippen molar-refractivity contribution in [2.45, 2.75) is 6.92 Å². The number of carbonyl (C=O) groups is 2. The summed E-state index contributed by atoms with van der Waals surface area (Å²) in [4.78, 5) is 21.6. The van der Waals surface area contributed by atoms with Crippen molar-refractivity contribution in [3.8, 4) is 0 Å². The summed E-state index contributed by atoms with van der Waals surface area (Å²) in [6.07, 6.45) is 4.60. The van der Waals surface area contributed by atoms with E-state index in [1.807, 2.05) is 0 Å². The lowest BCUT2D eigenvalue weighted by Gasteiger charge is -2.23. The van der Waals surface area contributed by atoms with Gasteiger partial charge < -0.3 is 5.73 Å². The van der Waals surface area contributed by atoms with Crippen LogP contribution in [0.1, 0.15) is 6.92 Å². The zero-order valence-electron chi connectivity index (χ0n) is 6.57. The zero-order chi connectivity index (χ0) is 9.14. The van der Waals surface area contributed by atoms with Gasteiger partial charge in [-0.25, -0.2) is 5.01 Å². The second kappa shape index (κ2) is 3.08. The molecule has 3 N–H and O–H groups in total. The number of amides is 2. The molecule has 0 aromatic heterocycles. The van der Waals surface area contributed by atoms with E-state index >= 15 is 0 Å². The molecular formula is C7H9N3O2. The van der Waals surface area contributed by atoms with Gasteiger partial charge in [0.1, 0.15) is 5.70 Å².